The monoisotopic (exact) mass is 496 g/mol. The zero-order valence-corrected chi connectivity index (χ0v) is 21.2. The van der Waals surface area contributed by atoms with Crippen LogP contribution in [0.2, 0.25) is 0 Å². The van der Waals surface area contributed by atoms with E-state index in [4.69, 9.17) is 9.72 Å². The van der Waals surface area contributed by atoms with E-state index in [1.807, 2.05) is 55.1 Å². The van der Waals surface area contributed by atoms with E-state index in [1.165, 1.54) is 23.4 Å². The molecule has 188 valence electrons. The topological polar surface area (TPSA) is 58.6 Å². The standard InChI is InChI=1S/C30H29FN4O2/c1-20(2)35(17-21-9-8-12-24(15-21)37-3)29(36)26-16-32-30(33-28(26)25-13-6-7-14-27(25)31)34-18-22-10-4-5-11-23(22)19-34/h4-16,20H,17-19H2,1-3H3. The lowest BCUT2D eigenvalue weighted by atomic mass is 10.0. The molecule has 0 atom stereocenters. The molecule has 0 saturated heterocycles. The first-order valence-electron chi connectivity index (χ1n) is 12.3. The van der Waals surface area contributed by atoms with Gasteiger partial charge in [-0.15, -0.1) is 0 Å². The van der Waals surface area contributed by atoms with E-state index in [2.05, 4.69) is 17.1 Å². The number of hydrogen-bond donors (Lipinski definition) is 0. The van der Waals surface area contributed by atoms with Crippen LogP contribution in [0.1, 0.15) is 40.9 Å². The Bertz CT molecular complexity index is 1410. The van der Waals surface area contributed by atoms with Crippen molar-refractivity contribution in [1.29, 1.82) is 0 Å². The summed E-state index contributed by atoms with van der Waals surface area (Å²) in [6.07, 6.45) is 1.54. The molecule has 2 heterocycles. The Hall–Kier alpha value is -4.26. The Morgan fingerprint density at radius 2 is 1.73 bits per heavy atom. The third kappa shape index (κ3) is 5.03. The minimum absolute atomic E-state index is 0.111. The number of carbonyl (C=O) groups is 1. The lowest BCUT2D eigenvalue weighted by Crippen LogP contribution is -2.37. The first-order chi connectivity index (χ1) is 17.9. The second-order valence-electron chi connectivity index (χ2n) is 9.42. The fourth-order valence-electron chi connectivity index (χ4n) is 4.63. The van der Waals surface area contributed by atoms with Crippen LogP contribution in [0, 0.1) is 5.82 Å². The fourth-order valence-corrected chi connectivity index (χ4v) is 4.63. The van der Waals surface area contributed by atoms with E-state index in [-0.39, 0.29) is 23.1 Å². The molecule has 6 nitrogen and oxygen atoms in total. The highest BCUT2D eigenvalue weighted by Gasteiger charge is 2.27. The van der Waals surface area contributed by atoms with Gasteiger partial charge >= 0.3 is 0 Å². The maximum atomic E-state index is 15.0. The van der Waals surface area contributed by atoms with Crippen LogP contribution >= 0.6 is 0 Å². The number of hydrogen-bond acceptors (Lipinski definition) is 5. The van der Waals surface area contributed by atoms with Crippen LogP contribution in [0.15, 0.2) is 79.0 Å². The van der Waals surface area contributed by atoms with Crippen LogP contribution in [-0.2, 0) is 19.6 Å². The summed E-state index contributed by atoms with van der Waals surface area (Å²) in [6.45, 7) is 5.60. The van der Waals surface area contributed by atoms with Crippen molar-refractivity contribution in [2.45, 2.75) is 39.5 Å². The molecular weight excluding hydrogens is 467 g/mol. The summed E-state index contributed by atoms with van der Waals surface area (Å²) < 4.78 is 20.4. The number of amides is 1. The molecule has 0 saturated carbocycles. The van der Waals surface area contributed by atoms with Gasteiger partial charge in [0.1, 0.15) is 11.6 Å². The molecule has 0 fully saturated rings. The van der Waals surface area contributed by atoms with Crippen molar-refractivity contribution in [1.82, 2.24) is 14.9 Å². The highest BCUT2D eigenvalue weighted by molar-refractivity contribution is 6.00. The molecule has 0 spiro atoms. The summed E-state index contributed by atoms with van der Waals surface area (Å²) in [5.41, 5.74) is 4.19. The molecule has 37 heavy (non-hydrogen) atoms. The van der Waals surface area contributed by atoms with Gasteiger partial charge in [0, 0.05) is 37.4 Å². The lowest BCUT2D eigenvalue weighted by molar-refractivity contribution is 0.0690. The molecule has 3 aromatic carbocycles. The maximum Gasteiger partial charge on any atom is 0.258 e. The second-order valence-corrected chi connectivity index (χ2v) is 9.42. The van der Waals surface area contributed by atoms with E-state index >= 15 is 4.39 Å². The van der Waals surface area contributed by atoms with E-state index in [0.29, 0.717) is 31.3 Å². The Morgan fingerprint density at radius 1 is 1.03 bits per heavy atom. The zero-order valence-electron chi connectivity index (χ0n) is 21.2. The number of fused-ring (bicyclic) bond motifs is 1. The number of nitrogens with zero attached hydrogens (tertiary/aromatic N) is 4. The molecule has 0 aliphatic carbocycles. The first-order valence-corrected chi connectivity index (χ1v) is 12.3. The summed E-state index contributed by atoms with van der Waals surface area (Å²) in [6, 6.07) is 22.1. The van der Waals surface area contributed by atoms with Crippen LogP contribution in [0.5, 0.6) is 5.75 Å². The van der Waals surface area contributed by atoms with Gasteiger partial charge in [-0.3, -0.25) is 4.79 Å². The third-order valence-corrected chi connectivity index (χ3v) is 6.63. The predicted molar refractivity (Wildman–Crippen MR) is 142 cm³/mol. The van der Waals surface area contributed by atoms with Gasteiger partial charge < -0.3 is 14.5 Å². The molecule has 5 rings (SSSR count). The predicted octanol–water partition coefficient (Wildman–Crippen LogP) is 5.86. The van der Waals surface area contributed by atoms with Gasteiger partial charge in [0.15, 0.2) is 0 Å². The quantitative estimate of drug-likeness (QED) is 0.321. The van der Waals surface area contributed by atoms with E-state index < -0.39 is 5.82 Å². The largest absolute Gasteiger partial charge is 0.497 e. The third-order valence-electron chi connectivity index (χ3n) is 6.63. The van der Waals surface area contributed by atoms with Gasteiger partial charge in [0.25, 0.3) is 5.91 Å². The molecule has 1 aromatic heterocycles. The van der Waals surface area contributed by atoms with Gasteiger partial charge in [-0.25, -0.2) is 14.4 Å². The van der Waals surface area contributed by atoms with Crippen LogP contribution in [-0.4, -0.2) is 33.9 Å². The number of methoxy groups -OCH3 is 1. The summed E-state index contributed by atoms with van der Waals surface area (Å²) in [4.78, 5) is 27.1. The van der Waals surface area contributed by atoms with Crippen molar-refractivity contribution in [3.05, 3.63) is 107 Å². The summed E-state index contributed by atoms with van der Waals surface area (Å²) in [5, 5.41) is 0. The van der Waals surface area contributed by atoms with Crippen LogP contribution < -0.4 is 9.64 Å². The van der Waals surface area contributed by atoms with Crippen molar-refractivity contribution in [2.75, 3.05) is 12.0 Å². The van der Waals surface area contributed by atoms with Gasteiger partial charge in [-0.05, 0) is 54.8 Å². The van der Waals surface area contributed by atoms with Crippen molar-refractivity contribution >= 4 is 11.9 Å². The fraction of sp³-hybridized carbons (Fsp3) is 0.233. The van der Waals surface area contributed by atoms with Gasteiger partial charge in [-0.2, -0.15) is 0 Å². The molecule has 1 aliphatic rings. The summed E-state index contributed by atoms with van der Waals surface area (Å²) >= 11 is 0. The van der Waals surface area contributed by atoms with Crippen LogP contribution in [0.3, 0.4) is 0 Å². The van der Waals surface area contributed by atoms with Crippen molar-refractivity contribution in [3.63, 3.8) is 0 Å². The van der Waals surface area contributed by atoms with Gasteiger partial charge in [0.05, 0.1) is 18.4 Å². The molecule has 1 aliphatic heterocycles. The SMILES string of the molecule is COc1cccc(CN(C(=O)c2cnc(N3Cc4ccccc4C3)nc2-c2ccccc2F)C(C)C)c1. The summed E-state index contributed by atoms with van der Waals surface area (Å²) in [5.74, 6) is 0.497. The number of aromatic nitrogens is 2. The average Bonchev–Trinajstić information content (AvgIpc) is 3.36. The van der Waals surface area contributed by atoms with E-state index in [9.17, 15) is 4.79 Å². The second kappa shape index (κ2) is 10.4. The average molecular weight is 497 g/mol. The molecular formula is C30H29FN4O2. The molecule has 0 bridgehead atoms. The molecule has 4 aromatic rings. The number of benzene rings is 3. The van der Waals surface area contributed by atoms with Crippen LogP contribution in [0.4, 0.5) is 10.3 Å². The minimum Gasteiger partial charge on any atom is -0.497 e. The van der Waals surface area contributed by atoms with Gasteiger partial charge in [0.2, 0.25) is 5.95 Å². The first kappa shape index (κ1) is 24.4. The van der Waals surface area contributed by atoms with E-state index in [0.717, 1.165) is 11.3 Å². The number of anilines is 1. The molecule has 0 N–H and O–H groups in total. The van der Waals surface area contributed by atoms with Crippen LogP contribution in [0.25, 0.3) is 11.3 Å². The summed E-state index contributed by atoms with van der Waals surface area (Å²) in [7, 11) is 1.61. The maximum absolute atomic E-state index is 15.0. The van der Waals surface area contributed by atoms with Crippen molar-refractivity contribution < 1.29 is 13.9 Å². The van der Waals surface area contributed by atoms with Gasteiger partial charge in [-0.1, -0.05) is 48.5 Å². The van der Waals surface area contributed by atoms with E-state index in [1.54, 1.807) is 30.2 Å². The zero-order chi connectivity index (χ0) is 25.9. The normalized spacial score (nSPS) is 12.5. The molecule has 0 unspecified atom stereocenters. The highest BCUT2D eigenvalue weighted by Crippen LogP contribution is 2.31. The number of halogens is 1. The minimum atomic E-state index is -0.435. The molecule has 0 radical (unpaired) electrons. The Balaban J connectivity index is 1.53. The molecule has 1 amide bonds. The smallest absolute Gasteiger partial charge is 0.258 e. The van der Waals surface area contributed by atoms with Crippen molar-refractivity contribution in [2.24, 2.45) is 0 Å². The highest BCUT2D eigenvalue weighted by atomic mass is 19.1. The van der Waals surface area contributed by atoms with Crippen molar-refractivity contribution in [3.8, 4) is 17.0 Å². The number of carbonyl (C=O) groups excluding carboxylic acids is 1. The Kier molecular flexibility index (Phi) is 6.86. The Morgan fingerprint density at radius 3 is 2.41 bits per heavy atom. The lowest BCUT2D eigenvalue weighted by Gasteiger charge is -2.28. The number of ether oxygens (including phenoxy) is 1. The molecule has 7 heteroatoms. The number of rotatable bonds is 7. The Labute approximate surface area is 216 Å².